The van der Waals surface area contributed by atoms with E-state index in [1.807, 2.05) is 11.7 Å². The Morgan fingerprint density at radius 3 is 3.07 bits per heavy atom. The highest BCUT2D eigenvalue weighted by Gasteiger charge is 2.27. The Kier molecular flexibility index (Phi) is 5.78. The summed E-state index contributed by atoms with van der Waals surface area (Å²) in [5.74, 6) is 1.56. The van der Waals surface area contributed by atoms with Gasteiger partial charge in [0.05, 0.1) is 5.69 Å². The van der Waals surface area contributed by atoms with E-state index in [0.717, 1.165) is 35.9 Å². The predicted molar refractivity (Wildman–Crippen MR) is 115 cm³/mol. The Morgan fingerprint density at radius 2 is 2.25 bits per heavy atom. The minimum Gasteiger partial charge on any atom is -0.351 e. The lowest BCUT2D eigenvalue weighted by Gasteiger charge is -2.30. The summed E-state index contributed by atoms with van der Waals surface area (Å²) in [5, 5.41) is 7.68. The van der Waals surface area contributed by atoms with Gasteiger partial charge in [-0.15, -0.1) is 11.8 Å². The quantitative estimate of drug-likeness (QED) is 0.777. The number of nitrogens with one attached hydrogen (secondary N) is 1. The fourth-order valence-electron chi connectivity index (χ4n) is 4.41. The third kappa shape index (κ3) is 3.98. The van der Waals surface area contributed by atoms with Gasteiger partial charge in [-0.05, 0) is 57.3 Å². The van der Waals surface area contributed by atoms with Gasteiger partial charge in [0.1, 0.15) is 0 Å². The van der Waals surface area contributed by atoms with Crippen molar-refractivity contribution in [1.29, 1.82) is 0 Å². The number of hydrogen-bond acceptors (Lipinski definition) is 4. The molecule has 1 fully saturated rings. The van der Waals surface area contributed by atoms with Crippen LogP contribution >= 0.6 is 11.8 Å². The highest BCUT2D eigenvalue weighted by atomic mass is 32.2. The van der Waals surface area contributed by atoms with Gasteiger partial charge in [-0.1, -0.05) is 18.6 Å². The number of hydrogen-bond donors (Lipinski definition) is 1. The third-order valence-electron chi connectivity index (χ3n) is 5.80. The Hall–Kier alpha value is -1.79. The van der Waals surface area contributed by atoms with Crippen LogP contribution in [0.1, 0.15) is 47.8 Å². The smallest absolute Gasteiger partial charge is 0.272 e. The number of aromatic nitrogens is 2. The molecule has 0 saturated carbocycles. The fraction of sp³-hybridized carbons (Fsp3) is 0.545. The minimum atomic E-state index is -0.0411. The molecule has 5 nitrogen and oxygen atoms in total. The van der Waals surface area contributed by atoms with Crippen molar-refractivity contribution in [3.8, 4) is 11.3 Å². The highest BCUT2D eigenvalue weighted by molar-refractivity contribution is 7.98. The molecule has 2 aliphatic rings. The molecule has 0 unspecified atom stereocenters. The SMILES string of the molecule is Cc1ccc2c(c1)-c1c(c(C(=O)NCCCN3CCC[C@@H](C)C3)nn1C)CS2. The molecule has 0 spiro atoms. The number of likely N-dealkylation sites (tertiary alicyclic amines) is 1. The molecule has 1 N–H and O–H groups in total. The molecule has 0 aliphatic carbocycles. The normalized spacial score (nSPS) is 19.2. The molecule has 0 bridgehead atoms. The van der Waals surface area contributed by atoms with Gasteiger partial charge in [-0.25, -0.2) is 0 Å². The number of amides is 1. The van der Waals surface area contributed by atoms with Crippen molar-refractivity contribution >= 4 is 17.7 Å². The summed E-state index contributed by atoms with van der Waals surface area (Å²) in [7, 11) is 1.94. The largest absolute Gasteiger partial charge is 0.351 e. The van der Waals surface area contributed by atoms with Crippen molar-refractivity contribution in [2.45, 2.75) is 43.8 Å². The van der Waals surface area contributed by atoms with Crippen LogP contribution in [0.3, 0.4) is 0 Å². The van der Waals surface area contributed by atoms with E-state index < -0.39 is 0 Å². The maximum Gasteiger partial charge on any atom is 0.272 e. The monoisotopic (exact) mass is 398 g/mol. The molecule has 1 saturated heterocycles. The molecule has 1 amide bonds. The average Bonchev–Trinajstić information content (AvgIpc) is 3.02. The van der Waals surface area contributed by atoms with Gasteiger partial charge >= 0.3 is 0 Å². The van der Waals surface area contributed by atoms with Gasteiger partial charge in [-0.2, -0.15) is 5.10 Å². The zero-order valence-electron chi connectivity index (χ0n) is 17.1. The molecule has 2 aliphatic heterocycles. The van der Waals surface area contributed by atoms with Crippen molar-refractivity contribution in [2.24, 2.45) is 13.0 Å². The summed E-state index contributed by atoms with van der Waals surface area (Å²) in [6.45, 7) is 8.59. The molecular formula is C22H30N4OS. The van der Waals surface area contributed by atoms with Crippen molar-refractivity contribution in [2.75, 3.05) is 26.2 Å². The molecule has 1 aromatic carbocycles. The summed E-state index contributed by atoms with van der Waals surface area (Å²) in [6.07, 6.45) is 3.63. The lowest BCUT2D eigenvalue weighted by molar-refractivity contribution is 0.0943. The van der Waals surface area contributed by atoms with E-state index in [9.17, 15) is 4.79 Å². The second kappa shape index (κ2) is 8.29. The molecule has 150 valence electrons. The number of carbonyl (C=O) groups excluding carboxylic acids is 1. The Morgan fingerprint density at radius 1 is 1.39 bits per heavy atom. The number of aryl methyl sites for hydroxylation is 2. The number of carbonyl (C=O) groups is 1. The predicted octanol–water partition coefficient (Wildman–Crippen LogP) is 3.85. The van der Waals surface area contributed by atoms with Gasteiger partial charge in [0.2, 0.25) is 0 Å². The third-order valence-corrected chi connectivity index (χ3v) is 6.90. The van der Waals surface area contributed by atoms with E-state index >= 15 is 0 Å². The van der Waals surface area contributed by atoms with Crippen LogP contribution in [0.5, 0.6) is 0 Å². The van der Waals surface area contributed by atoms with Crippen LogP contribution in [0.25, 0.3) is 11.3 Å². The van der Waals surface area contributed by atoms with Crippen molar-refractivity contribution < 1.29 is 4.79 Å². The minimum absolute atomic E-state index is 0.0411. The Labute approximate surface area is 171 Å². The first-order valence-corrected chi connectivity index (χ1v) is 11.3. The van der Waals surface area contributed by atoms with E-state index in [-0.39, 0.29) is 5.91 Å². The van der Waals surface area contributed by atoms with Gasteiger partial charge in [0.15, 0.2) is 5.69 Å². The second-order valence-electron chi connectivity index (χ2n) is 8.25. The zero-order chi connectivity index (χ0) is 19.7. The van der Waals surface area contributed by atoms with E-state index in [4.69, 9.17) is 0 Å². The van der Waals surface area contributed by atoms with Gasteiger partial charge in [0, 0.05) is 41.9 Å². The van der Waals surface area contributed by atoms with E-state index in [1.54, 1.807) is 11.8 Å². The van der Waals surface area contributed by atoms with Crippen molar-refractivity contribution in [3.05, 3.63) is 35.0 Å². The number of thioether (sulfide) groups is 1. The Bertz CT molecular complexity index is 876. The maximum absolute atomic E-state index is 12.8. The summed E-state index contributed by atoms with van der Waals surface area (Å²) in [5.41, 5.74) is 5.16. The zero-order valence-corrected chi connectivity index (χ0v) is 17.9. The van der Waals surface area contributed by atoms with Crippen molar-refractivity contribution in [1.82, 2.24) is 20.0 Å². The molecular weight excluding hydrogens is 368 g/mol. The molecule has 0 radical (unpaired) electrons. The number of nitrogens with zero attached hydrogens (tertiary/aromatic N) is 3. The van der Waals surface area contributed by atoms with Crippen LogP contribution in [0.15, 0.2) is 23.1 Å². The topological polar surface area (TPSA) is 50.2 Å². The first-order valence-electron chi connectivity index (χ1n) is 10.3. The van der Waals surface area contributed by atoms with E-state index in [0.29, 0.717) is 12.2 Å². The number of fused-ring (bicyclic) bond motifs is 3. The van der Waals surface area contributed by atoms with Crippen LogP contribution in [0, 0.1) is 12.8 Å². The summed E-state index contributed by atoms with van der Waals surface area (Å²) in [4.78, 5) is 16.6. The molecule has 28 heavy (non-hydrogen) atoms. The van der Waals surface area contributed by atoms with Crippen LogP contribution in [-0.4, -0.2) is 46.8 Å². The molecule has 4 rings (SSSR count). The lowest BCUT2D eigenvalue weighted by atomic mass is 10.0. The molecule has 6 heteroatoms. The van der Waals surface area contributed by atoms with Crippen molar-refractivity contribution in [3.63, 3.8) is 0 Å². The van der Waals surface area contributed by atoms with Crippen LogP contribution < -0.4 is 5.32 Å². The molecule has 2 aromatic rings. The average molecular weight is 399 g/mol. The van der Waals surface area contributed by atoms with Gasteiger partial charge in [0.25, 0.3) is 5.91 Å². The molecule has 1 atom stereocenters. The number of benzene rings is 1. The van der Waals surface area contributed by atoms with Crippen LogP contribution in [0.2, 0.25) is 0 Å². The van der Waals surface area contributed by atoms with E-state index in [2.05, 4.69) is 47.4 Å². The standard InChI is InChI=1S/C22H30N4OS/c1-15-7-8-19-17(12-15)21-18(14-28-19)20(24-25(21)3)22(27)23-9-5-11-26-10-4-6-16(2)13-26/h7-8,12,16H,4-6,9-11,13-14H2,1-3H3,(H,23,27)/t16-/m1/s1. The van der Waals surface area contributed by atoms with Crippen LogP contribution in [0.4, 0.5) is 0 Å². The van der Waals surface area contributed by atoms with Gasteiger partial charge < -0.3 is 10.2 Å². The number of piperidine rings is 1. The lowest BCUT2D eigenvalue weighted by Crippen LogP contribution is -2.36. The van der Waals surface area contributed by atoms with Crippen LogP contribution in [-0.2, 0) is 12.8 Å². The first kappa shape index (κ1) is 19.5. The summed E-state index contributed by atoms with van der Waals surface area (Å²) >= 11 is 1.79. The Balaban J connectivity index is 1.40. The summed E-state index contributed by atoms with van der Waals surface area (Å²) in [6, 6.07) is 6.51. The molecule has 3 heterocycles. The van der Waals surface area contributed by atoms with Gasteiger partial charge in [-0.3, -0.25) is 9.48 Å². The molecule has 1 aromatic heterocycles. The van der Waals surface area contributed by atoms with E-state index in [1.165, 1.54) is 42.0 Å². The second-order valence-corrected chi connectivity index (χ2v) is 9.26. The number of rotatable bonds is 5. The highest BCUT2D eigenvalue weighted by Crippen LogP contribution is 2.42. The fourth-order valence-corrected chi connectivity index (χ4v) is 5.46. The first-order chi connectivity index (χ1) is 13.5. The maximum atomic E-state index is 12.8. The summed E-state index contributed by atoms with van der Waals surface area (Å²) < 4.78 is 1.87.